The minimum Gasteiger partial charge on any atom is -0.262 e. The Morgan fingerprint density at radius 1 is 1.17 bits per heavy atom. The molecule has 0 N–H and O–H groups in total. The first-order chi connectivity index (χ1) is 5.88. The molecule has 12 heavy (non-hydrogen) atoms. The lowest BCUT2D eigenvalue weighted by molar-refractivity contribution is 0.745. The van der Waals surface area contributed by atoms with Crippen LogP contribution in [0.2, 0.25) is 0 Å². The molecule has 0 bridgehead atoms. The van der Waals surface area contributed by atoms with Crippen LogP contribution in [-0.2, 0) is 0 Å². The van der Waals surface area contributed by atoms with Crippen LogP contribution >= 0.6 is 15.9 Å². The monoisotopic (exact) mass is 224 g/mol. The van der Waals surface area contributed by atoms with Crippen molar-refractivity contribution in [2.45, 2.75) is 0 Å². The van der Waals surface area contributed by atoms with Crippen LogP contribution in [0.1, 0.15) is 0 Å². The largest absolute Gasteiger partial charge is 0.262 e. The van der Waals surface area contributed by atoms with Crippen molar-refractivity contribution >= 4 is 15.9 Å². The SMILES string of the molecule is Brc1ccncc1-n1nccn1. The molecule has 0 unspecified atom stereocenters. The first kappa shape index (κ1) is 7.42. The average molecular weight is 225 g/mol. The molecule has 0 aliphatic carbocycles. The van der Waals surface area contributed by atoms with Gasteiger partial charge in [-0.3, -0.25) is 4.98 Å². The molecule has 0 fully saturated rings. The Morgan fingerprint density at radius 3 is 2.58 bits per heavy atom. The Hall–Kier alpha value is -1.23. The van der Waals surface area contributed by atoms with Crippen molar-refractivity contribution in [3.05, 3.63) is 35.3 Å². The molecule has 0 atom stereocenters. The lowest BCUT2D eigenvalue weighted by Gasteiger charge is -1.99. The van der Waals surface area contributed by atoms with E-state index in [1.807, 2.05) is 6.07 Å². The van der Waals surface area contributed by atoms with Crippen LogP contribution in [0.15, 0.2) is 35.3 Å². The maximum atomic E-state index is 3.98. The summed E-state index contributed by atoms with van der Waals surface area (Å²) in [7, 11) is 0. The van der Waals surface area contributed by atoms with Gasteiger partial charge in [-0.2, -0.15) is 10.2 Å². The van der Waals surface area contributed by atoms with E-state index in [1.54, 1.807) is 24.8 Å². The summed E-state index contributed by atoms with van der Waals surface area (Å²) in [4.78, 5) is 5.48. The Labute approximate surface area is 77.4 Å². The molecule has 60 valence electrons. The molecule has 0 aromatic carbocycles. The zero-order chi connectivity index (χ0) is 8.39. The molecular weight excluding hydrogens is 220 g/mol. The van der Waals surface area contributed by atoms with Crippen molar-refractivity contribution in [2.24, 2.45) is 0 Å². The van der Waals surface area contributed by atoms with Crippen LogP contribution in [0.4, 0.5) is 0 Å². The Bertz CT molecular complexity index is 371. The second-order valence-electron chi connectivity index (χ2n) is 2.15. The Balaban J connectivity index is 2.55. The number of hydrogen-bond acceptors (Lipinski definition) is 3. The maximum Gasteiger partial charge on any atom is 0.118 e. The highest BCUT2D eigenvalue weighted by molar-refractivity contribution is 9.10. The summed E-state index contributed by atoms with van der Waals surface area (Å²) in [6, 6.07) is 1.85. The van der Waals surface area contributed by atoms with E-state index < -0.39 is 0 Å². The number of halogens is 1. The van der Waals surface area contributed by atoms with Crippen molar-refractivity contribution in [1.82, 2.24) is 20.0 Å². The number of rotatable bonds is 1. The predicted molar refractivity (Wildman–Crippen MR) is 46.9 cm³/mol. The standard InChI is InChI=1S/C7H5BrN4/c8-6-1-2-9-5-7(6)12-10-3-4-11-12/h1-5H. The summed E-state index contributed by atoms with van der Waals surface area (Å²) in [5.74, 6) is 0. The average Bonchev–Trinajstić information content (AvgIpc) is 2.57. The Kier molecular flexibility index (Phi) is 1.87. The molecular formula is C7H5BrN4. The van der Waals surface area contributed by atoms with Gasteiger partial charge in [0.25, 0.3) is 0 Å². The molecule has 4 nitrogen and oxygen atoms in total. The smallest absolute Gasteiger partial charge is 0.118 e. The van der Waals surface area contributed by atoms with E-state index in [9.17, 15) is 0 Å². The van der Waals surface area contributed by atoms with Crippen molar-refractivity contribution in [3.8, 4) is 5.69 Å². The van der Waals surface area contributed by atoms with Crippen molar-refractivity contribution in [3.63, 3.8) is 0 Å². The van der Waals surface area contributed by atoms with Crippen LogP contribution in [0.3, 0.4) is 0 Å². The van der Waals surface area contributed by atoms with E-state index in [2.05, 4.69) is 31.1 Å². The van der Waals surface area contributed by atoms with Crippen molar-refractivity contribution in [1.29, 1.82) is 0 Å². The van der Waals surface area contributed by atoms with Crippen LogP contribution in [0, 0.1) is 0 Å². The number of pyridine rings is 1. The molecule has 5 heteroatoms. The number of hydrogen-bond donors (Lipinski definition) is 0. The molecule has 0 radical (unpaired) electrons. The zero-order valence-corrected chi connectivity index (χ0v) is 7.64. The van der Waals surface area contributed by atoms with E-state index in [4.69, 9.17) is 0 Å². The maximum absolute atomic E-state index is 3.98. The zero-order valence-electron chi connectivity index (χ0n) is 6.05. The predicted octanol–water partition coefficient (Wildman–Crippen LogP) is 1.42. The fraction of sp³-hybridized carbons (Fsp3) is 0. The summed E-state index contributed by atoms with van der Waals surface area (Å²) in [6.07, 6.45) is 6.65. The molecule has 0 aliphatic heterocycles. The van der Waals surface area contributed by atoms with E-state index in [-0.39, 0.29) is 0 Å². The highest BCUT2D eigenvalue weighted by atomic mass is 79.9. The highest BCUT2D eigenvalue weighted by Gasteiger charge is 2.01. The minimum atomic E-state index is 0.836. The van der Waals surface area contributed by atoms with Gasteiger partial charge < -0.3 is 0 Å². The first-order valence-electron chi connectivity index (χ1n) is 3.34. The van der Waals surface area contributed by atoms with Crippen LogP contribution in [0.5, 0.6) is 0 Å². The Morgan fingerprint density at radius 2 is 1.92 bits per heavy atom. The van der Waals surface area contributed by atoms with Gasteiger partial charge in [-0.1, -0.05) is 0 Å². The summed E-state index contributed by atoms with van der Waals surface area (Å²) in [6.45, 7) is 0. The van der Waals surface area contributed by atoms with Crippen LogP contribution < -0.4 is 0 Å². The fourth-order valence-electron chi connectivity index (χ4n) is 0.856. The molecule has 0 amide bonds. The normalized spacial score (nSPS) is 10.1. The van der Waals surface area contributed by atoms with Gasteiger partial charge in [-0.05, 0) is 22.0 Å². The van der Waals surface area contributed by atoms with Gasteiger partial charge in [-0.25, -0.2) is 0 Å². The quantitative estimate of drug-likeness (QED) is 0.737. The van der Waals surface area contributed by atoms with Gasteiger partial charge in [-0.15, -0.1) is 4.80 Å². The first-order valence-corrected chi connectivity index (χ1v) is 4.13. The second kappa shape index (κ2) is 3.02. The van der Waals surface area contributed by atoms with Gasteiger partial charge in [0.2, 0.25) is 0 Å². The molecule has 0 saturated carbocycles. The second-order valence-corrected chi connectivity index (χ2v) is 3.00. The van der Waals surface area contributed by atoms with Gasteiger partial charge in [0.15, 0.2) is 0 Å². The van der Waals surface area contributed by atoms with E-state index in [0.29, 0.717) is 0 Å². The van der Waals surface area contributed by atoms with Gasteiger partial charge in [0, 0.05) is 10.7 Å². The molecule has 2 aromatic rings. The molecule has 2 aromatic heterocycles. The van der Waals surface area contributed by atoms with E-state index in [0.717, 1.165) is 10.2 Å². The molecule has 0 spiro atoms. The van der Waals surface area contributed by atoms with E-state index >= 15 is 0 Å². The number of aromatic nitrogens is 4. The van der Waals surface area contributed by atoms with Crippen LogP contribution in [-0.4, -0.2) is 20.0 Å². The van der Waals surface area contributed by atoms with Crippen LogP contribution in [0.25, 0.3) is 5.69 Å². The molecule has 0 saturated heterocycles. The summed E-state index contributed by atoms with van der Waals surface area (Å²) in [5.41, 5.74) is 0.836. The summed E-state index contributed by atoms with van der Waals surface area (Å²) < 4.78 is 0.925. The third-order valence-corrected chi connectivity index (χ3v) is 2.05. The van der Waals surface area contributed by atoms with Gasteiger partial charge in [0.05, 0.1) is 18.6 Å². The summed E-state index contributed by atoms with van der Waals surface area (Å²) >= 11 is 3.38. The topological polar surface area (TPSA) is 43.6 Å². The summed E-state index contributed by atoms with van der Waals surface area (Å²) in [5, 5.41) is 7.97. The van der Waals surface area contributed by atoms with Gasteiger partial charge in [0.1, 0.15) is 5.69 Å². The lowest BCUT2D eigenvalue weighted by Crippen LogP contribution is -1.99. The molecule has 2 heterocycles. The van der Waals surface area contributed by atoms with Gasteiger partial charge >= 0.3 is 0 Å². The lowest BCUT2D eigenvalue weighted by atomic mass is 10.4. The molecule has 2 rings (SSSR count). The van der Waals surface area contributed by atoms with Crippen molar-refractivity contribution < 1.29 is 0 Å². The minimum absolute atomic E-state index is 0.836. The number of nitrogens with zero attached hydrogens (tertiary/aromatic N) is 4. The third kappa shape index (κ3) is 1.23. The molecule has 0 aliphatic rings. The van der Waals surface area contributed by atoms with Crippen molar-refractivity contribution in [2.75, 3.05) is 0 Å². The van der Waals surface area contributed by atoms with E-state index in [1.165, 1.54) is 4.80 Å². The fourth-order valence-corrected chi connectivity index (χ4v) is 1.24. The third-order valence-electron chi connectivity index (χ3n) is 1.38. The highest BCUT2D eigenvalue weighted by Crippen LogP contribution is 2.16.